The summed E-state index contributed by atoms with van der Waals surface area (Å²) in [4.78, 5) is 12.7. The van der Waals surface area contributed by atoms with E-state index in [9.17, 15) is 4.79 Å². The van der Waals surface area contributed by atoms with E-state index >= 15 is 0 Å². The minimum absolute atomic E-state index is 0.0701. The van der Waals surface area contributed by atoms with Crippen LogP contribution in [0.4, 0.5) is 0 Å². The van der Waals surface area contributed by atoms with E-state index in [2.05, 4.69) is 65.8 Å². The van der Waals surface area contributed by atoms with Crippen LogP contribution < -0.4 is 0 Å². The summed E-state index contributed by atoms with van der Waals surface area (Å²) in [5.41, 5.74) is 5.80. The van der Waals surface area contributed by atoms with E-state index in [0.717, 1.165) is 64.2 Å². The first-order chi connectivity index (χ1) is 14.3. The predicted octanol–water partition coefficient (Wildman–Crippen LogP) is 9.45. The van der Waals surface area contributed by atoms with Crippen LogP contribution in [0.1, 0.15) is 125 Å². The number of carbonyl (C=O) groups is 1. The summed E-state index contributed by atoms with van der Waals surface area (Å²) in [5.74, 6) is 0.520. The van der Waals surface area contributed by atoms with E-state index < -0.39 is 0 Å². The standard InChI is InChI=1S/C29H48O/c1-7-29(22-10-8-9-20-28(29)30)23-21-27(6)19-13-18-26(5)17-12-16-25(4)15-11-14-24(2)3/h14,16,18,21H,7-13,15,17,19-20,22-23H2,1-6H3. The molecule has 30 heavy (non-hydrogen) atoms. The van der Waals surface area contributed by atoms with Crippen LogP contribution in [0.3, 0.4) is 0 Å². The molecule has 0 amide bonds. The first-order valence-electron chi connectivity index (χ1n) is 12.4. The molecule has 0 aliphatic heterocycles. The fourth-order valence-corrected chi connectivity index (χ4v) is 4.42. The summed E-state index contributed by atoms with van der Waals surface area (Å²) < 4.78 is 0. The lowest BCUT2D eigenvalue weighted by atomic mass is 9.74. The Bertz CT molecular complexity index is 639. The van der Waals surface area contributed by atoms with Gasteiger partial charge in [0.05, 0.1) is 0 Å². The summed E-state index contributed by atoms with van der Waals surface area (Å²) in [5, 5.41) is 0. The summed E-state index contributed by atoms with van der Waals surface area (Å²) >= 11 is 0. The zero-order chi connectivity index (χ0) is 22.4. The lowest BCUT2D eigenvalue weighted by Crippen LogP contribution is -2.28. The van der Waals surface area contributed by atoms with Gasteiger partial charge in [0, 0.05) is 11.8 Å². The topological polar surface area (TPSA) is 17.1 Å². The maximum atomic E-state index is 12.7. The van der Waals surface area contributed by atoms with Crippen LogP contribution in [0.5, 0.6) is 0 Å². The van der Waals surface area contributed by atoms with Crippen molar-refractivity contribution in [1.29, 1.82) is 0 Å². The van der Waals surface area contributed by atoms with Gasteiger partial charge in [-0.3, -0.25) is 4.79 Å². The summed E-state index contributed by atoms with van der Waals surface area (Å²) in [6.07, 6.45) is 23.8. The number of carbonyl (C=O) groups excluding carboxylic acids is 1. The van der Waals surface area contributed by atoms with Crippen molar-refractivity contribution in [3.63, 3.8) is 0 Å². The Balaban J connectivity index is 2.40. The van der Waals surface area contributed by atoms with Crippen molar-refractivity contribution in [1.82, 2.24) is 0 Å². The molecule has 1 saturated carbocycles. The minimum atomic E-state index is -0.0701. The Morgan fingerprint density at radius 3 is 1.83 bits per heavy atom. The number of hydrogen-bond acceptors (Lipinski definition) is 1. The Labute approximate surface area is 187 Å². The molecule has 170 valence electrons. The largest absolute Gasteiger partial charge is 0.299 e. The molecule has 0 heterocycles. The van der Waals surface area contributed by atoms with Crippen molar-refractivity contribution >= 4 is 5.78 Å². The quantitative estimate of drug-likeness (QED) is 0.230. The first-order valence-corrected chi connectivity index (χ1v) is 12.4. The molecule has 1 nitrogen and oxygen atoms in total. The monoisotopic (exact) mass is 412 g/mol. The van der Waals surface area contributed by atoms with Crippen molar-refractivity contribution in [2.24, 2.45) is 5.41 Å². The van der Waals surface area contributed by atoms with Gasteiger partial charge in [0.2, 0.25) is 0 Å². The molecule has 1 atom stereocenters. The summed E-state index contributed by atoms with van der Waals surface area (Å²) in [7, 11) is 0. The molecule has 0 aromatic heterocycles. The second kappa shape index (κ2) is 14.6. The molecule has 1 heteroatoms. The maximum absolute atomic E-state index is 12.7. The first kappa shape index (κ1) is 26.7. The third kappa shape index (κ3) is 10.6. The van der Waals surface area contributed by atoms with Gasteiger partial charge in [0.1, 0.15) is 5.78 Å². The van der Waals surface area contributed by atoms with Crippen LogP contribution in [-0.2, 0) is 4.79 Å². The molecular weight excluding hydrogens is 364 g/mol. The molecule has 1 aliphatic carbocycles. The van der Waals surface area contributed by atoms with Gasteiger partial charge in [-0.2, -0.15) is 0 Å². The highest BCUT2D eigenvalue weighted by Gasteiger charge is 2.35. The highest BCUT2D eigenvalue weighted by atomic mass is 16.1. The Kier molecular flexibility index (Phi) is 13.0. The molecule has 1 aliphatic rings. The lowest BCUT2D eigenvalue weighted by molar-refractivity contribution is -0.128. The van der Waals surface area contributed by atoms with Gasteiger partial charge >= 0.3 is 0 Å². The predicted molar refractivity (Wildman–Crippen MR) is 134 cm³/mol. The van der Waals surface area contributed by atoms with E-state index in [0.29, 0.717) is 5.78 Å². The zero-order valence-electron chi connectivity index (χ0n) is 20.9. The molecule has 1 fully saturated rings. The molecule has 1 unspecified atom stereocenters. The number of Topliss-reactive ketones (excluding diaryl/α,β-unsaturated/α-hetero) is 1. The molecule has 0 aromatic rings. The normalized spacial score (nSPS) is 21.5. The van der Waals surface area contributed by atoms with Gasteiger partial charge in [-0.15, -0.1) is 0 Å². The second-order valence-electron chi connectivity index (χ2n) is 9.87. The fourth-order valence-electron chi connectivity index (χ4n) is 4.42. The molecule has 0 radical (unpaired) electrons. The number of hydrogen-bond donors (Lipinski definition) is 0. The summed E-state index contributed by atoms with van der Waals surface area (Å²) in [6.45, 7) is 13.3. The number of allylic oxidation sites excluding steroid dienone is 8. The molecule has 1 rings (SSSR count). The molecule has 0 spiro atoms. The van der Waals surface area contributed by atoms with E-state index in [4.69, 9.17) is 0 Å². The highest BCUT2D eigenvalue weighted by Crippen LogP contribution is 2.39. The van der Waals surface area contributed by atoms with Crippen molar-refractivity contribution in [3.8, 4) is 0 Å². The van der Waals surface area contributed by atoms with Crippen molar-refractivity contribution in [2.45, 2.75) is 125 Å². The van der Waals surface area contributed by atoms with Crippen LogP contribution in [0.15, 0.2) is 46.6 Å². The van der Waals surface area contributed by atoms with Gasteiger partial charge in [-0.05, 0) is 98.8 Å². The number of ketones is 1. The van der Waals surface area contributed by atoms with E-state index in [1.165, 1.54) is 41.6 Å². The van der Waals surface area contributed by atoms with Crippen molar-refractivity contribution in [3.05, 3.63) is 46.6 Å². The van der Waals surface area contributed by atoms with Gasteiger partial charge in [0.25, 0.3) is 0 Å². The van der Waals surface area contributed by atoms with Crippen molar-refractivity contribution in [2.75, 3.05) is 0 Å². The van der Waals surface area contributed by atoms with Gasteiger partial charge in [-0.1, -0.05) is 66.4 Å². The highest BCUT2D eigenvalue weighted by molar-refractivity contribution is 5.85. The zero-order valence-corrected chi connectivity index (χ0v) is 20.9. The molecular formula is C29H48O. The van der Waals surface area contributed by atoms with Gasteiger partial charge in [-0.25, -0.2) is 0 Å². The molecule has 0 N–H and O–H groups in total. The van der Waals surface area contributed by atoms with E-state index in [1.807, 2.05) is 0 Å². The molecule has 0 saturated heterocycles. The average Bonchev–Trinajstić information content (AvgIpc) is 2.88. The smallest absolute Gasteiger partial charge is 0.139 e. The SMILES string of the molecule is CCC1(CC=C(C)CCC=C(C)CCC=C(C)CCC=C(C)C)CCCCCC1=O. The fraction of sp³-hybridized carbons (Fsp3) is 0.690. The lowest BCUT2D eigenvalue weighted by Gasteiger charge is -2.29. The van der Waals surface area contributed by atoms with Gasteiger partial charge in [0.15, 0.2) is 0 Å². The van der Waals surface area contributed by atoms with Crippen LogP contribution >= 0.6 is 0 Å². The Morgan fingerprint density at radius 2 is 1.30 bits per heavy atom. The van der Waals surface area contributed by atoms with E-state index in [1.54, 1.807) is 0 Å². The van der Waals surface area contributed by atoms with Crippen LogP contribution in [0.2, 0.25) is 0 Å². The maximum Gasteiger partial charge on any atom is 0.139 e. The van der Waals surface area contributed by atoms with Crippen LogP contribution in [0, 0.1) is 5.41 Å². The van der Waals surface area contributed by atoms with Crippen molar-refractivity contribution < 1.29 is 4.79 Å². The van der Waals surface area contributed by atoms with Gasteiger partial charge < -0.3 is 0 Å². The van der Waals surface area contributed by atoms with E-state index in [-0.39, 0.29) is 5.41 Å². The third-order valence-corrected chi connectivity index (χ3v) is 6.82. The van der Waals surface area contributed by atoms with Crippen LogP contribution in [-0.4, -0.2) is 5.78 Å². The Morgan fingerprint density at radius 1 is 0.767 bits per heavy atom. The third-order valence-electron chi connectivity index (χ3n) is 6.82. The summed E-state index contributed by atoms with van der Waals surface area (Å²) in [6, 6.07) is 0. The molecule has 0 bridgehead atoms. The average molecular weight is 413 g/mol. The van der Waals surface area contributed by atoms with Crippen LogP contribution in [0.25, 0.3) is 0 Å². The molecule has 0 aromatic carbocycles. The second-order valence-corrected chi connectivity index (χ2v) is 9.87. The Hall–Kier alpha value is -1.37. The minimum Gasteiger partial charge on any atom is -0.299 e. The number of rotatable bonds is 12.